The van der Waals surface area contributed by atoms with Crippen LogP contribution in [-0.2, 0) is 27.2 Å². The minimum atomic E-state index is -1.65. The Morgan fingerprint density at radius 2 is 2.02 bits per heavy atom. The van der Waals surface area contributed by atoms with E-state index in [0.29, 0.717) is 0 Å². The number of thiol groups is 1. The molecular weight excluding hydrogens is 625 g/mol. The largest absolute Gasteiger partial charge is 0.385 e. The number of hydrogen-bond acceptors (Lipinski definition) is 16. The number of H-pyrrole nitrogens is 2. The Labute approximate surface area is 242 Å². The van der Waals surface area contributed by atoms with Crippen molar-refractivity contribution < 1.29 is 36.7 Å². The molecule has 2 aliphatic rings. The van der Waals surface area contributed by atoms with Crippen molar-refractivity contribution in [3.63, 3.8) is 0 Å². The molecule has 0 radical (unpaired) electrons. The number of ether oxygens (including phenoxy) is 2. The van der Waals surface area contributed by atoms with E-state index in [0.717, 1.165) is 11.0 Å². The molecule has 0 saturated carbocycles. The lowest BCUT2D eigenvalue weighted by molar-refractivity contribution is -0.123. The number of nitrogens with two attached hydrogens (primary N) is 1. The average Bonchev–Trinajstić information content (AvgIpc) is 3.72. The summed E-state index contributed by atoms with van der Waals surface area (Å²) in [5, 5.41) is 18.4. The number of imidazole rings is 1. The zero-order valence-corrected chi connectivity index (χ0v) is 24.1. The van der Waals surface area contributed by atoms with Crippen LogP contribution in [0.15, 0.2) is 22.2 Å². The number of nitrogen functional groups attached to an aromatic ring is 1. The van der Waals surface area contributed by atoms with Gasteiger partial charge in [-0.3, -0.25) is 19.1 Å². The van der Waals surface area contributed by atoms with Gasteiger partial charge in [0.15, 0.2) is 56.3 Å². The smallest absolute Gasteiger partial charge is 0.280 e. The standard InChI is InChI=1S/C19H23FN10O9P2S/c20-7-5(6(2-34-40)36-16(7)30-12-9(27-28-30)14(32)23-3-22-12)1-35-41-38-18-10(31)11(39-42)17(37-18)29-4-24-8-13(29)25-19(21)26-15(8)33/h3-7,10-11,16-18,31,41-42H,1-2,40H2,(H,22,23,32)(H3,21,25,26,33)/t5-,6-,7+,10+,11-,16-,17-,18?/m1/s1. The van der Waals surface area contributed by atoms with Crippen LogP contribution in [0.25, 0.3) is 22.3 Å². The molecule has 3 unspecified atom stereocenters. The molecule has 42 heavy (non-hydrogen) atoms. The molecule has 0 aromatic carbocycles. The van der Waals surface area contributed by atoms with Gasteiger partial charge in [-0.15, -0.1) is 5.10 Å². The van der Waals surface area contributed by atoms with Crippen LogP contribution in [0.4, 0.5) is 10.3 Å². The number of hydrogen-bond donors (Lipinski definition) is 5. The van der Waals surface area contributed by atoms with Gasteiger partial charge in [0.25, 0.3) is 11.1 Å². The number of nitrogens with one attached hydrogen (secondary N) is 2. The molecule has 5 N–H and O–H groups in total. The maximum absolute atomic E-state index is 15.7. The van der Waals surface area contributed by atoms with Gasteiger partial charge >= 0.3 is 0 Å². The molecule has 6 heterocycles. The summed E-state index contributed by atoms with van der Waals surface area (Å²) in [6.07, 6.45) is -5.94. The van der Waals surface area contributed by atoms with E-state index in [4.69, 9.17) is 33.0 Å². The molecule has 0 amide bonds. The van der Waals surface area contributed by atoms with E-state index in [9.17, 15) is 14.7 Å². The van der Waals surface area contributed by atoms with Crippen LogP contribution in [-0.4, -0.2) is 93.6 Å². The summed E-state index contributed by atoms with van der Waals surface area (Å²) in [6.45, 7) is -0.167. The number of halogens is 1. The van der Waals surface area contributed by atoms with Gasteiger partial charge in [0, 0.05) is 15.4 Å². The summed E-state index contributed by atoms with van der Waals surface area (Å²) in [7, 11) is 1.36. The molecule has 19 nitrogen and oxygen atoms in total. The zero-order chi connectivity index (χ0) is 29.5. The molecule has 6 rings (SSSR count). The highest BCUT2D eigenvalue weighted by atomic mass is 32.1. The van der Waals surface area contributed by atoms with E-state index in [-0.39, 0.29) is 41.5 Å². The second kappa shape index (κ2) is 12.1. The first kappa shape index (κ1) is 29.4. The average molecular weight is 648 g/mol. The van der Waals surface area contributed by atoms with Crippen molar-refractivity contribution in [3.05, 3.63) is 33.4 Å². The number of aromatic nitrogens is 9. The zero-order valence-electron chi connectivity index (χ0n) is 21.0. The maximum Gasteiger partial charge on any atom is 0.280 e. The third-order valence-corrected chi connectivity index (χ3v) is 7.81. The fraction of sp³-hybridized carbons (Fsp3) is 0.526. The van der Waals surface area contributed by atoms with Crippen molar-refractivity contribution >= 4 is 59.7 Å². The Morgan fingerprint density at radius 3 is 2.81 bits per heavy atom. The van der Waals surface area contributed by atoms with E-state index in [2.05, 4.69) is 57.6 Å². The predicted octanol–water partition coefficient (Wildman–Crippen LogP) is -1.12. The van der Waals surface area contributed by atoms with Crippen LogP contribution in [0.2, 0.25) is 0 Å². The van der Waals surface area contributed by atoms with Crippen LogP contribution >= 0.6 is 31.4 Å². The van der Waals surface area contributed by atoms with Gasteiger partial charge in [0.2, 0.25) is 5.95 Å². The first-order valence-corrected chi connectivity index (χ1v) is 13.8. The van der Waals surface area contributed by atoms with Crippen molar-refractivity contribution in [2.24, 2.45) is 5.92 Å². The SMILES string of the molecule is Nc1nc2c(ncn2[C@@H]2OC(OPOC[C@H]3[C@H](F)[C@H](n4nnc5c(=O)[nH]cnc54)O[C@@H]3COP)[C@@H](O)[C@H]2OS)c(=O)[nH]1. The van der Waals surface area contributed by atoms with Crippen molar-refractivity contribution in [3.8, 4) is 0 Å². The minimum absolute atomic E-state index is 0.00173. The normalized spacial score (nSPS) is 30.0. The topological polar surface area (TPSA) is 242 Å². The number of alkyl halides is 1. The molecule has 2 saturated heterocycles. The highest BCUT2D eigenvalue weighted by molar-refractivity contribution is 7.75. The van der Waals surface area contributed by atoms with E-state index in [1.807, 2.05) is 0 Å². The predicted molar refractivity (Wildman–Crippen MR) is 146 cm³/mol. The van der Waals surface area contributed by atoms with Gasteiger partial charge in [-0.25, -0.2) is 14.4 Å². The third kappa shape index (κ3) is 5.19. The fourth-order valence-electron chi connectivity index (χ4n) is 4.76. The van der Waals surface area contributed by atoms with Crippen molar-refractivity contribution in [1.29, 1.82) is 0 Å². The highest BCUT2D eigenvalue weighted by Crippen LogP contribution is 2.40. The Kier molecular flexibility index (Phi) is 8.47. The second-order valence-corrected chi connectivity index (χ2v) is 10.4. The Morgan fingerprint density at radius 1 is 1.19 bits per heavy atom. The summed E-state index contributed by atoms with van der Waals surface area (Å²) in [5.74, 6) is -0.981. The Bertz CT molecular complexity index is 1690. The molecule has 0 bridgehead atoms. The highest BCUT2D eigenvalue weighted by Gasteiger charge is 2.49. The van der Waals surface area contributed by atoms with Gasteiger partial charge < -0.3 is 43.1 Å². The number of aromatic amines is 2. The molecule has 226 valence electrons. The van der Waals surface area contributed by atoms with Gasteiger partial charge in [-0.1, -0.05) is 5.21 Å². The number of aliphatic hydroxyl groups excluding tert-OH is 1. The summed E-state index contributed by atoms with van der Waals surface area (Å²) < 4.78 is 51.2. The molecule has 4 aromatic heterocycles. The molecular formula is C19H23FN10O9P2S. The number of anilines is 1. The van der Waals surface area contributed by atoms with Crippen LogP contribution in [0.5, 0.6) is 0 Å². The van der Waals surface area contributed by atoms with Crippen LogP contribution in [0.1, 0.15) is 12.5 Å². The van der Waals surface area contributed by atoms with Crippen molar-refractivity contribution in [2.45, 2.75) is 43.2 Å². The lowest BCUT2D eigenvalue weighted by Gasteiger charge is -2.19. The number of rotatable bonds is 10. The molecule has 4 aromatic rings. The number of nitrogens with zero attached hydrogens (tertiary/aromatic N) is 7. The third-order valence-electron chi connectivity index (χ3n) is 6.76. The quantitative estimate of drug-likeness (QED) is 0.0592. The summed E-state index contributed by atoms with van der Waals surface area (Å²) in [6, 6.07) is 0. The maximum atomic E-state index is 15.7. The molecule has 2 fully saturated rings. The molecule has 23 heteroatoms. The summed E-state index contributed by atoms with van der Waals surface area (Å²) in [4.78, 5) is 41.0. The van der Waals surface area contributed by atoms with Gasteiger partial charge in [0.05, 0.1) is 32.0 Å². The minimum Gasteiger partial charge on any atom is -0.385 e. The monoisotopic (exact) mass is 648 g/mol. The van der Waals surface area contributed by atoms with Gasteiger partial charge in [-0.05, 0) is 12.9 Å². The lowest BCUT2D eigenvalue weighted by Crippen LogP contribution is -2.32. The fourth-order valence-corrected chi connectivity index (χ4v) is 5.80. The Balaban J connectivity index is 1.11. The van der Waals surface area contributed by atoms with E-state index in [1.54, 1.807) is 0 Å². The van der Waals surface area contributed by atoms with E-state index in [1.165, 1.54) is 10.9 Å². The van der Waals surface area contributed by atoms with Crippen molar-refractivity contribution in [2.75, 3.05) is 18.9 Å². The first-order chi connectivity index (χ1) is 20.3. The summed E-state index contributed by atoms with van der Waals surface area (Å²) >= 11 is 3.84. The number of fused-ring (bicyclic) bond motifs is 2. The van der Waals surface area contributed by atoms with Crippen LogP contribution < -0.4 is 16.9 Å². The number of aliphatic hydroxyl groups is 1. The van der Waals surface area contributed by atoms with Crippen LogP contribution in [0, 0.1) is 5.92 Å². The van der Waals surface area contributed by atoms with Gasteiger partial charge in [0.1, 0.15) is 12.2 Å². The summed E-state index contributed by atoms with van der Waals surface area (Å²) in [5.41, 5.74) is 4.66. The van der Waals surface area contributed by atoms with Crippen molar-refractivity contribution in [1.82, 2.24) is 44.5 Å². The van der Waals surface area contributed by atoms with E-state index >= 15 is 4.39 Å². The van der Waals surface area contributed by atoms with Crippen LogP contribution in [0.3, 0.4) is 0 Å². The Hall–Kier alpha value is -2.71. The lowest BCUT2D eigenvalue weighted by atomic mass is 10.0. The molecule has 2 aliphatic heterocycles. The molecule has 0 aliphatic carbocycles. The second-order valence-electron chi connectivity index (χ2n) is 9.19. The first-order valence-electron chi connectivity index (χ1n) is 12.1. The molecule has 10 atom stereocenters. The van der Waals surface area contributed by atoms with Gasteiger partial charge in [-0.2, -0.15) is 9.67 Å². The molecule has 0 spiro atoms. The van der Waals surface area contributed by atoms with E-state index < -0.39 is 69.3 Å².